The van der Waals surface area contributed by atoms with E-state index in [-0.39, 0.29) is 23.7 Å². The summed E-state index contributed by atoms with van der Waals surface area (Å²) >= 11 is 6.11. The van der Waals surface area contributed by atoms with Gasteiger partial charge in [0.1, 0.15) is 5.82 Å². The predicted octanol–water partition coefficient (Wildman–Crippen LogP) is 1.63. The number of aromatic nitrogens is 2. The third-order valence-electron chi connectivity index (χ3n) is 5.01. The monoisotopic (exact) mass is 417 g/mol. The summed E-state index contributed by atoms with van der Waals surface area (Å²) in [6.07, 6.45) is -0.139. The molecule has 3 heterocycles. The van der Waals surface area contributed by atoms with E-state index >= 15 is 0 Å². The van der Waals surface area contributed by atoms with Crippen LogP contribution in [0, 0.1) is 6.92 Å². The van der Waals surface area contributed by atoms with Gasteiger partial charge in [0, 0.05) is 30.2 Å². The molecule has 9 nitrogen and oxygen atoms in total. The molecule has 2 amide bonds. The summed E-state index contributed by atoms with van der Waals surface area (Å²) in [5, 5.41) is 5.87. The Morgan fingerprint density at radius 2 is 2.07 bits per heavy atom. The number of ether oxygens (including phenoxy) is 1. The highest BCUT2D eigenvalue weighted by molar-refractivity contribution is 6.31. The van der Waals surface area contributed by atoms with E-state index in [2.05, 4.69) is 20.6 Å². The second-order valence-corrected chi connectivity index (χ2v) is 7.42. The van der Waals surface area contributed by atoms with Crippen molar-refractivity contribution in [3.05, 3.63) is 44.7 Å². The molecule has 4 rings (SSSR count). The van der Waals surface area contributed by atoms with E-state index in [1.54, 1.807) is 18.2 Å². The number of H-pyrrole nitrogens is 1. The van der Waals surface area contributed by atoms with E-state index in [1.807, 2.05) is 11.8 Å². The van der Waals surface area contributed by atoms with E-state index in [0.717, 1.165) is 5.56 Å². The smallest absolute Gasteiger partial charge is 0.258 e. The Labute approximate surface area is 171 Å². The summed E-state index contributed by atoms with van der Waals surface area (Å²) in [5.74, 6) is -1.32. The van der Waals surface area contributed by atoms with Crippen molar-refractivity contribution in [1.82, 2.24) is 9.97 Å². The van der Waals surface area contributed by atoms with Crippen LogP contribution in [0.25, 0.3) is 0 Å². The van der Waals surface area contributed by atoms with Crippen molar-refractivity contribution in [2.45, 2.75) is 19.3 Å². The number of hydrogen-bond acceptors (Lipinski definition) is 6. The van der Waals surface area contributed by atoms with Crippen LogP contribution >= 0.6 is 11.6 Å². The van der Waals surface area contributed by atoms with Crippen LogP contribution < -0.4 is 21.1 Å². The molecule has 0 radical (unpaired) electrons. The molecule has 2 aromatic rings. The number of morpholine rings is 1. The van der Waals surface area contributed by atoms with Crippen molar-refractivity contribution in [3.63, 3.8) is 0 Å². The topological polar surface area (TPSA) is 116 Å². The molecule has 0 saturated carbocycles. The van der Waals surface area contributed by atoms with Crippen LogP contribution in [0.1, 0.15) is 23.5 Å². The third kappa shape index (κ3) is 3.96. The average molecular weight is 418 g/mol. The number of anilines is 3. The minimum Gasteiger partial charge on any atom is -0.378 e. The van der Waals surface area contributed by atoms with E-state index in [0.29, 0.717) is 43.0 Å². The van der Waals surface area contributed by atoms with Crippen LogP contribution in [-0.2, 0) is 14.3 Å². The summed E-state index contributed by atoms with van der Waals surface area (Å²) in [6, 6.07) is 5.12. The summed E-state index contributed by atoms with van der Waals surface area (Å²) in [7, 11) is 0. The van der Waals surface area contributed by atoms with Crippen LogP contribution in [-0.4, -0.2) is 48.1 Å². The molecule has 1 aromatic carbocycles. The summed E-state index contributed by atoms with van der Waals surface area (Å²) < 4.78 is 5.31. The Bertz CT molecular complexity index is 1030. The second-order valence-electron chi connectivity index (χ2n) is 7.01. The Morgan fingerprint density at radius 1 is 1.31 bits per heavy atom. The van der Waals surface area contributed by atoms with Gasteiger partial charge in [0.15, 0.2) is 0 Å². The molecule has 0 spiro atoms. The molecule has 2 aliphatic rings. The highest BCUT2D eigenvalue weighted by Gasteiger charge is 2.35. The number of benzene rings is 1. The summed E-state index contributed by atoms with van der Waals surface area (Å²) in [6.45, 7) is 4.06. The normalized spacial score (nSPS) is 18.8. The average Bonchev–Trinajstić information content (AvgIpc) is 2.70. The second kappa shape index (κ2) is 7.84. The molecule has 0 bridgehead atoms. The maximum Gasteiger partial charge on any atom is 0.258 e. The van der Waals surface area contributed by atoms with Crippen molar-refractivity contribution in [2.24, 2.45) is 0 Å². The largest absolute Gasteiger partial charge is 0.378 e. The molecule has 1 atom stereocenters. The van der Waals surface area contributed by atoms with Gasteiger partial charge in [-0.05, 0) is 24.6 Å². The first-order valence-corrected chi connectivity index (χ1v) is 9.64. The number of aromatic amines is 1. The molecule has 10 heteroatoms. The first-order chi connectivity index (χ1) is 13.9. The Balaban J connectivity index is 1.64. The molecule has 1 saturated heterocycles. The SMILES string of the molecule is Cc1ccc(NC(=O)[C@@H]2CC(=O)Nc3nc(N4CCOCC4)[nH]c(=O)c32)cc1Cl. The summed E-state index contributed by atoms with van der Waals surface area (Å²) in [4.78, 5) is 46.9. The lowest BCUT2D eigenvalue weighted by molar-refractivity contribution is -0.123. The molecule has 0 unspecified atom stereocenters. The van der Waals surface area contributed by atoms with Gasteiger partial charge in [-0.2, -0.15) is 4.98 Å². The van der Waals surface area contributed by atoms with Crippen LogP contribution in [0.15, 0.2) is 23.0 Å². The predicted molar refractivity (Wildman–Crippen MR) is 109 cm³/mol. The van der Waals surface area contributed by atoms with Gasteiger partial charge < -0.3 is 20.3 Å². The Morgan fingerprint density at radius 3 is 2.79 bits per heavy atom. The van der Waals surface area contributed by atoms with E-state index in [9.17, 15) is 14.4 Å². The molecule has 29 heavy (non-hydrogen) atoms. The number of amides is 2. The zero-order valence-corrected chi connectivity index (χ0v) is 16.5. The lowest BCUT2D eigenvalue weighted by atomic mass is 9.92. The van der Waals surface area contributed by atoms with Gasteiger partial charge in [-0.15, -0.1) is 0 Å². The Hall–Kier alpha value is -2.91. The van der Waals surface area contributed by atoms with Crippen molar-refractivity contribution in [1.29, 1.82) is 0 Å². The fourth-order valence-corrected chi connectivity index (χ4v) is 3.59. The van der Waals surface area contributed by atoms with Crippen molar-refractivity contribution < 1.29 is 14.3 Å². The highest BCUT2D eigenvalue weighted by atomic mass is 35.5. The molecule has 152 valence electrons. The number of carbonyl (C=O) groups excluding carboxylic acids is 2. The zero-order valence-electron chi connectivity index (χ0n) is 15.8. The highest BCUT2D eigenvalue weighted by Crippen LogP contribution is 2.30. The fraction of sp³-hybridized carbons (Fsp3) is 0.368. The molecule has 2 aliphatic heterocycles. The quantitative estimate of drug-likeness (QED) is 0.699. The van der Waals surface area contributed by atoms with E-state index in [4.69, 9.17) is 16.3 Å². The van der Waals surface area contributed by atoms with E-state index in [1.165, 1.54) is 0 Å². The number of hydrogen-bond donors (Lipinski definition) is 3. The minimum absolute atomic E-state index is 0.119. The van der Waals surface area contributed by atoms with Gasteiger partial charge in [0.25, 0.3) is 5.56 Å². The summed E-state index contributed by atoms with van der Waals surface area (Å²) in [5.41, 5.74) is 1.08. The van der Waals surface area contributed by atoms with Crippen LogP contribution in [0.4, 0.5) is 17.5 Å². The van der Waals surface area contributed by atoms with Crippen molar-refractivity contribution in [3.8, 4) is 0 Å². The van der Waals surface area contributed by atoms with Gasteiger partial charge >= 0.3 is 0 Å². The molecular formula is C19H20ClN5O4. The van der Waals surface area contributed by atoms with Gasteiger partial charge in [-0.1, -0.05) is 17.7 Å². The fourth-order valence-electron chi connectivity index (χ4n) is 3.41. The van der Waals surface area contributed by atoms with Gasteiger partial charge in [-0.3, -0.25) is 19.4 Å². The van der Waals surface area contributed by atoms with Gasteiger partial charge in [0.2, 0.25) is 17.8 Å². The zero-order chi connectivity index (χ0) is 20.5. The first kappa shape index (κ1) is 19.4. The van der Waals surface area contributed by atoms with Gasteiger partial charge in [0.05, 0.1) is 24.7 Å². The number of carbonyl (C=O) groups is 2. The maximum absolute atomic E-state index is 12.9. The van der Waals surface area contributed by atoms with Crippen LogP contribution in [0.3, 0.4) is 0 Å². The first-order valence-electron chi connectivity index (χ1n) is 9.26. The number of nitrogens with one attached hydrogen (secondary N) is 3. The van der Waals surface area contributed by atoms with E-state index < -0.39 is 17.4 Å². The molecule has 3 N–H and O–H groups in total. The number of rotatable bonds is 3. The Kier molecular flexibility index (Phi) is 5.25. The van der Waals surface area contributed by atoms with Crippen LogP contribution in [0.5, 0.6) is 0 Å². The molecular weight excluding hydrogens is 398 g/mol. The number of halogens is 1. The minimum atomic E-state index is -0.950. The molecule has 0 aliphatic carbocycles. The lowest BCUT2D eigenvalue weighted by Gasteiger charge is -2.29. The standard InChI is InChI=1S/C19H20ClN5O4/c1-10-2-3-11(8-13(10)20)21-17(27)12-9-14(26)22-16-15(12)18(28)24-19(23-16)25-4-6-29-7-5-25/h2-3,8,12H,4-7,9H2,1H3,(H,21,27)(H2,22,23,24,26,28)/t12-/m1/s1. The van der Waals surface area contributed by atoms with Gasteiger partial charge in [-0.25, -0.2) is 0 Å². The van der Waals surface area contributed by atoms with Crippen molar-refractivity contribution >= 4 is 40.9 Å². The molecule has 1 aromatic heterocycles. The van der Waals surface area contributed by atoms with Crippen LogP contribution in [0.2, 0.25) is 5.02 Å². The third-order valence-corrected chi connectivity index (χ3v) is 5.41. The lowest BCUT2D eigenvalue weighted by Crippen LogP contribution is -2.41. The number of aryl methyl sites for hydroxylation is 1. The maximum atomic E-state index is 12.9. The molecule has 1 fully saturated rings. The number of nitrogens with zero attached hydrogens (tertiary/aromatic N) is 2. The van der Waals surface area contributed by atoms with Crippen molar-refractivity contribution in [2.75, 3.05) is 41.8 Å². The number of fused-ring (bicyclic) bond motifs is 1.